The van der Waals surface area contributed by atoms with Gasteiger partial charge in [0.1, 0.15) is 0 Å². The van der Waals surface area contributed by atoms with Gasteiger partial charge in [0.2, 0.25) is 0 Å². The molecular formula is C14H23Cl2NOSi. The first-order valence-electron chi connectivity index (χ1n) is 6.60. The van der Waals surface area contributed by atoms with Crippen molar-refractivity contribution in [2.75, 3.05) is 32.5 Å². The third-order valence-corrected chi connectivity index (χ3v) is 6.27. The van der Waals surface area contributed by atoms with Crippen molar-refractivity contribution in [3.05, 3.63) is 34.9 Å². The van der Waals surface area contributed by atoms with E-state index in [4.69, 9.17) is 16.3 Å². The third kappa shape index (κ3) is 5.84. The molecule has 0 radical (unpaired) electrons. The van der Waals surface area contributed by atoms with Gasteiger partial charge in [-0.05, 0) is 24.3 Å². The molecule has 0 amide bonds. The van der Waals surface area contributed by atoms with Gasteiger partial charge >= 0.3 is 0 Å². The van der Waals surface area contributed by atoms with E-state index in [-0.39, 0.29) is 12.4 Å². The molecule has 0 atom stereocenters. The molecule has 108 valence electrons. The normalized spacial score (nSPS) is 17.0. The summed E-state index contributed by atoms with van der Waals surface area (Å²) in [5.41, 5.74) is 1.42. The molecule has 0 spiro atoms. The summed E-state index contributed by atoms with van der Waals surface area (Å²) in [7, 11) is -1.22. The minimum absolute atomic E-state index is 0. The molecule has 1 aromatic rings. The summed E-state index contributed by atoms with van der Waals surface area (Å²) in [4.78, 5) is 2.56. The van der Waals surface area contributed by atoms with Gasteiger partial charge in [-0.1, -0.05) is 42.4 Å². The van der Waals surface area contributed by atoms with Crippen molar-refractivity contribution < 1.29 is 4.74 Å². The largest absolute Gasteiger partial charge is 0.379 e. The molecule has 0 saturated carbocycles. The lowest BCUT2D eigenvalue weighted by Gasteiger charge is -2.33. The maximum Gasteiger partial charge on any atom is 0.0672 e. The van der Waals surface area contributed by atoms with Crippen LogP contribution in [0.3, 0.4) is 0 Å². The summed E-state index contributed by atoms with van der Waals surface area (Å²) < 4.78 is 5.40. The van der Waals surface area contributed by atoms with Crippen LogP contribution in [0.2, 0.25) is 18.1 Å². The highest BCUT2D eigenvalue weighted by Crippen LogP contribution is 2.16. The van der Waals surface area contributed by atoms with Gasteiger partial charge < -0.3 is 9.64 Å². The molecule has 1 saturated heterocycles. The quantitative estimate of drug-likeness (QED) is 0.788. The van der Waals surface area contributed by atoms with Crippen LogP contribution in [-0.4, -0.2) is 45.4 Å². The van der Waals surface area contributed by atoms with Crippen LogP contribution in [0.1, 0.15) is 5.56 Å². The first-order valence-corrected chi connectivity index (χ1v) is 10.4. The van der Waals surface area contributed by atoms with Gasteiger partial charge in [-0.15, -0.1) is 12.4 Å². The predicted octanol–water partition coefficient (Wildman–Crippen LogP) is 3.42. The molecule has 1 aliphatic heterocycles. The molecule has 1 aromatic carbocycles. The Morgan fingerprint density at radius 2 is 1.74 bits per heavy atom. The Hall–Kier alpha value is -0.0631. The van der Waals surface area contributed by atoms with Gasteiger partial charge in [0.25, 0.3) is 0 Å². The number of hydrogen-bond acceptors (Lipinski definition) is 2. The van der Waals surface area contributed by atoms with E-state index >= 15 is 0 Å². The van der Waals surface area contributed by atoms with Crippen molar-refractivity contribution in [1.82, 2.24) is 4.90 Å². The maximum atomic E-state index is 5.93. The Kier molecular flexibility index (Phi) is 6.84. The van der Waals surface area contributed by atoms with Crippen LogP contribution in [0.25, 0.3) is 0 Å². The number of morpholine rings is 1. The number of rotatable bonds is 4. The van der Waals surface area contributed by atoms with E-state index < -0.39 is 8.07 Å². The van der Waals surface area contributed by atoms with Gasteiger partial charge in [0.15, 0.2) is 0 Å². The highest BCUT2D eigenvalue weighted by atomic mass is 35.5. The smallest absolute Gasteiger partial charge is 0.0672 e. The number of hydrogen-bond donors (Lipinski definition) is 0. The van der Waals surface area contributed by atoms with Crippen molar-refractivity contribution in [2.45, 2.75) is 19.1 Å². The minimum Gasteiger partial charge on any atom is -0.379 e. The Balaban J connectivity index is 0.00000180. The topological polar surface area (TPSA) is 12.5 Å². The van der Waals surface area contributed by atoms with Crippen LogP contribution in [0.4, 0.5) is 0 Å². The van der Waals surface area contributed by atoms with E-state index in [1.54, 1.807) is 0 Å². The summed E-state index contributed by atoms with van der Waals surface area (Å²) in [6.07, 6.45) is 1.26. The van der Waals surface area contributed by atoms with Crippen LogP contribution < -0.4 is 0 Å². The molecule has 0 bridgehead atoms. The summed E-state index contributed by atoms with van der Waals surface area (Å²) in [5, 5.41) is 0.825. The molecule has 1 aliphatic rings. The van der Waals surface area contributed by atoms with Crippen molar-refractivity contribution in [1.29, 1.82) is 0 Å². The van der Waals surface area contributed by atoms with Crippen molar-refractivity contribution in [3.8, 4) is 0 Å². The predicted molar refractivity (Wildman–Crippen MR) is 87.1 cm³/mol. The summed E-state index contributed by atoms with van der Waals surface area (Å²) in [5.74, 6) is 0. The molecular weight excluding hydrogens is 297 g/mol. The van der Waals surface area contributed by atoms with Crippen LogP contribution in [0.5, 0.6) is 0 Å². The summed E-state index contributed by atoms with van der Waals surface area (Å²) >= 11 is 5.93. The van der Waals surface area contributed by atoms with E-state index in [1.165, 1.54) is 17.8 Å². The Bertz CT molecular complexity index is 378. The standard InChI is InChI=1S/C14H22ClNOSi.ClH/c1-18(2,12-16-7-9-17-10-8-16)11-13-3-5-14(15)6-4-13;/h3-6H,7-12H2,1-2H3;1H. The molecule has 1 heterocycles. The highest BCUT2D eigenvalue weighted by molar-refractivity contribution is 6.77. The Labute approximate surface area is 128 Å². The van der Waals surface area contributed by atoms with Crippen LogP contribution in [0.15, 0.2) is 24.3 Å². The molecule has 0 aromatic heterocycles. The lowest BCUT2D eigenvalue weighted by atomic mass is 10.2. The maximum absolute atomic E-state index is 5.93. The van der Waals surface area contributed by atoms with Crippen molar-refractivity contribution in [2.24, 2.45) is 0 Å². The van der Waals surface area contributed by atoms with Gasteiger partial charge in [-0.25, -0.2) is 0 Å². The first kappa shape index (κ1) is 17.0. The Morgan fingerprint density at radius 1 is 1.16 bits per heavy atom. The van der Waals surface area contributed by atoms with E-state index in [0.717, 1.165) is 31.3 Å². The molecule has 1 fully saturated rings. The van der Waals surface area contributed by atoms with Gasteiger partial charge in [0.05, 0.1) is 21.3 Å². The zero-order valence-electron chi connectivity index (χ0n) is 11.7. The number of halogens is 2. The monoisotopic (exact) mass is 319 g/mol. The van der Waals surface area contributed by atoms with Gasteiger partial charge in [-0.3, -0.25) is 0 Å². The first-order chi connectivity index (χ1) is 8.55. The van der Waals surface area contributed by atoms with Gasteiger partial charge in [-0.2, -0.15) is 0 Å². The highest BCUT2D eigenvalue weighted by Gasteiger charge is 2.25. The lowest BCUT2D eigenvalue weighted by Crippen LogP contribution is -2.48. The fourth-order valence-electron chi connectivity index (χ4n) is 2.58. The second-order valence-electron chi connectivity index (χ2n) is 5.86. The fourth-order valence-corrected chi connectivity index (χ4v) is 5.68. The molecule has 0 unspecified atom stereocenters. The second kappa shape index (κ2) is 7.65. The average Bonchev–Trinajstić information content (AvgIpc) is 2.32. The number of nitrogens with zero attached hydrogens (tertiary/aromatic N) is 1. The number of ether oxygens (including phenoxy) is 1. The van der Waals surface area contributed by atoms with Crippen molar-refractivity contribution >= 4 is 32.1 Å². The summed E-state index contributed by atoms with van der Waals surface area (Å²) in [6.45, 7) is 8.92. The molecule has 2 rings (SSSR count). The molecule has 5 heteroatoms. The van der Waals surface area contributed by atoms with Crippen LogP contribution in [0, 0.1) is 0 Å². The van der Waals surface area contributed by atoms with E-state index in [2.05, 4.69) is 30.1 Å². The minimum atomic E-state index is -1.22. The zero-order chi connectivity index (χ0) is 13.0. The summed E-state index contributed by atoms with van der Waals surface area (Å²) in [6, 6.07) is 9.54. The average molecular weight is 320 g/mol. The fraction of sp³-hybridized carbons (Fsp3) is 0.571. The van der Waals surface area contributed by atoms with E-state index in [0.29, 0.717) is 0 Å². The Morgan fingerprint density at radius 3 is 2.32 bits per heavy atom. The molecule has 0 N–H and O–H groups in total. The van der Waals surface area contributed by atoms with Gasteiger partial charge in [0, 0.05) is 18.1 Å². The third-order valence-electron chi connectivity index (χ3n) is 3.35. The van der Waals surface area contributed by atoms with Crippen molar-refractivity contribution in [3.63, 3.8) is 0 Å². The van der Waals surface area contributed by atoms with E-state index in [9.17, 15) is 0 Å². The SMILES string of the molecule is C[Si](C)(Cc1ccc(Cl)cc1)CN1CCOCC1.Cl. The molecule has 2 nitrogen and oxygen atoms in total. The lowest BCUT2D eigenvalue weighted by molar-refractivity contribution is 0.0454. The zero-order valence-corrected chi connectivity index (χ0v) is 14.3. The number of benzene rings is 1. The van der Waals surface area contributed by atoms with Crippen LogP contribution >= 0.6 is 24.0 Å². The van der Waals surface area contributed by atoms with E-state index in [1.807, 2.05) is 12.1 Å². The second-order valence-corrected chi connectivity index (χ2v) is 11.3. The van der Waals surface area contributed by atoms with Crippen LogP contribution in [-0.2, 0) is 10.8 Å². The molecule has 0 aliphatic carbocycles. The molecule has 19 heavy (non-hydrogen) atoms.